The maximum atomic E-state index is 12.1. The second-order valence-electron chi connectivity index (χ2n) is 4.49. The molecule has 0 aliphatic heterocycles. The zero-order chi connectivity index (χ0) is 14.0. The highest BCUT2D eigenvalue weighted by atomic mass is 35.5. The summed E-state index contributed by atoms with van der Waals surface area (Å²) in [6, 6.07) is 5.98. The third kappa shape index (κ3) is 3.97. The lowest BCUT2D eigenvalue weighted by molar-refractivity contribution is -0.138. The first-order valence-electron chi connectivity index (χ1n) is 5.14. The number of aliphatic carboxylic acids is 1. The fourth-order valence-electron chi connectivity index (χ4n) is 1.50. The van der Waals surface area contributed by atoms with Gasteiger partial charge < -0.3 is 5.11 Å². The van der Waals surface area contributed by atoms with Gasteiger partial charge in [0.05, 0.1) is 11.4 Å². The van der Waals surface area contributed by atoms with Crippen molar-refractivity contribution in [2.24, 2.45) is 0 Å². The van der Waals surface area contributed by atoms with E-state index in [1.54, 1.807) is 12.1 Å². The van der Waals surface area contributed by atoms with Crippen LogP contribution in [0.2, 0.25) is 5.02 Å². The van der Waals surface area contributed by atoms with Crippen LogP contribution in [0.5, 0.6) is 0 Å². The molecular weight excluding hydrogens is 278 g/mol. The van der Waals surface area contributed by atoms with Crippen molar-refractivity contribution in [3.8, 4) is 0 Å². The van der Waals surface area contributed by atoms with Gasteiger partial charge in [0.1, 0.15) is 4.90 Å². The summed E-state index contributed by atoms with van der Waals surface area (Å²) in [7, 11) is -3.84. The average molecular weight is 292 g/mol. The van der Waals surface area contributed by atoms with Crippen molar-refractivity contribution >= 4 is 27.6 Å². The van der Waals surface area contributed by atoms with Gasteiger partial charge in [0.2, 0.25) is 10.0 Å². The molecule has 1 aromatic rings. The third-order valence-corrected chi connectivity index (χ3v) is 4.33. The van der Waals surface area contributed by atoms with Crippen LogP contribution in [0.25, 0.3) is 0 Å². The van der Waals surface area contributed by atoms with Crippen LogP contribution < -0.4 is 4.72 Å². The third-order valence-electron chi connectivity index (χ3n) is 2.13. The standard InChI is InChI=1S/C11H14ClNO4S/c1-11(2,7-10(14)15)13-18(16,17)9-6-4-3-5-8(9)12/h3-6,13H,7H2,1-2H3,(H,14,15). The lowest BCUT2D eigenvalue weighted by Gasteiger charge is -2.24. The molecule has 0 atom stereocenters. The van der Waals surface area contributed by atoms with E-state index >= 15 is 0 Å². The molecule has 2 N–H and O–H groups in total. The van der Waals surface area contributed by atoms with Crippen LogP contribution in [0.15, 0.2) is 29.2 Å². The first-order chi connectivity index (χ1) is 8.14. The fourth-order valence-corrected chi connectivity index (χ4v) is 3.43. The molecular formula is C11H14ClNO4S. The summed E-state index contributed by atoms with van der Waals surface area (Å²) >= 11 is 5.81. The van der Waals surface area contributed by atoms with Gasteiger partial charge in [0, 0.05) is 5.54 Å². The second kappa shape index (κ2) is 5.26. The molecule has 0 spiro atoms. The number of nitrogens with one attached hydrogen (secondary N) is 1. The molecule has 0 bridgehead atoms. The largest absolute Gasteiger partial charge is 0.481 e. The summed E-state index contributed by atoms with van der Waals surface area (Å²) in [6.07, 6.45) is -0.323. The second-order valence-corrected chi connectivity index (χ2v) is 6.55. The molecule has 0 radical (unpaired) electrons. The monoisotopic (exact) mass is 291 g/mol. The number of hydrogen-bond donors (Lipinski definition) is 2. The SMILES string of the molecule is CC(C)(CC(=O)O)NS(=O)(=O)c1ccccc1Cl. The van der Waals surface area contributed by atoms with E-state index in [0.29, 0.717) is 0 Å². The Hall–Kier alpha value is -1.11. The quantitative estimate of drug-likeness (QED) is 0.867. The Kier molecular flexibility index (Phi) is 4.37. The molecule has 0 heterocycles. The average Bonchev–Trinajstić information content (AvgIpc) is 2.13. The van der Waals surface area contributed by atoms with Crippen molar-refractivity contribution in [3.63, 3.8) is 0 Å². The summed E-state index contributed by atoms with van der Waals surface area (Å²) in [5.41, 5.74) is -1.09. The van der Waals surface area contributed by atoms with Crippen LogP contribution in [-0.4, -0.2) is 25.0 Å². The fraction of sp³-hybridized carbons (Fsp3) is 0.364. The Morgan fingerprint density at radius 2 is 1.94 bits per heavy atom. The molecule has 1 aromatic carbocycles. The Morgan fingerprint density at radius 1 is 1.39 bits per heavy atom. The van der Waals surface area contributed by atoms with E-state index in [1.807, 2.05) is 0 Å². The number of rotatable bonds is 5. The van der Waals surface area contributed by atoms with E-state index in [0.717, 1.165) is 0 Å². The van der Waals surface area contributed by atoms with Gasteiger partial charge in [0.25, 0.3) is 0 Å². The highest BCUT2D eigenvalue weighted by molar-refractivity contribution is 7.89. The highest BCUT2D eigenvalue weighted by Gasteiger charge is 2.29. The smallest absolute Gasteiger partial charge is 0.305 e. The molecule has 18 heavy (non-hydrogen) atoms. The van der Waals surface area contributed by atoms with Crippen molar-refractivity contribution < 1.29 is 18.3 Å². The Bertz CT molecular complexity index is 554. The number of hydrogen-bond acceptors (Lipinski definition) is 3. The number of benzene rings is 1. The molecule has 0 aromatic heterocycles. The van der Waals surface area contributed by atoms with Crippen LogP contribution >= 0.6 is 11.6 Å². The minimum atomic E-state index is -3.84. The number of halogens is 1. The Morgan fingerprint density at radius 3 is 2.44 bits per heavy atom. The summed E-state index contributed by atoms with van der Waals surface area (Å²) in [5.74, 6) is -1.08. The van der Waals surface area contributed by atoms with Gasteiger partial charge in [-0.3, -0.25) is 4.79 Å². The maximum Gasteiger partial charge on any atom is 0.305 e. The summed E-state index contributed by atoms with van der Waals surface area (Å²) in [4.78, 5) is 10.6. The first-order valence-corrected chi connectivity index (χ1v) is 7.00. The molecule has 0 amide bonds. The van der Waals surface area contributed by atoms with Crippen molar-refractivity contribution in [3.05, 3.63) is 29.3 Å². The van der Waals surface area contributed by atoms with Gasteiger partial charge >= 0.3 is 5.97 Å². The van der Waals surface area contributed by atoms with Gasteiger partial charge in [-0.05, 0) is 26.0 Å². The van der Waals surface area contributed by atoms with E-state index < -0.39 is 21.5 Å². The molecule has 0 fully saturated rings. The molecule has 1 rings (SSSR count). The summed E-state index contributed by atoms with van der Waals surface area (Å²) in [5, 5.41) is 8.80. The van der Waals surface area contributed by atoms with E-state index in [1.165, 1.54) is 26.0 Å². The molecule has 0 unspecified atom stereocenters. The lowest BCUT2D eigenvalue weighted by Crippen LogP contribution is -2.44. The van der Waals surface area contributed by atoms with Crippen molar-refractivity contribution in [2.45, 2.75) is 30.7 Å². The Labute approximate surface area is 111 Å². The molecule has 100 valence electrons. The number of sulfonamides is 1. The van der Waals surface area contributed by atoms with Crippen LogP contribution in [0.3, 0.4) is 0 Å². The normalized spacial score (nSPS) is 12.4. The van der Waals surface area contributed by atoms with Crippen molar-refractivity contribution in [1.29, 1.82) is 0 Å². The summed E-state index contributed by atoms with van der Waals surface area (Å²) < 4.78 is 26.5. The molecule has 5 nitrogen and oxygen atoms in total. The highest BCUT2D eigenvalue weighted by Crippen LogP contribution is 2.22. The molecule has 0 saturated heterocycles. The Balaban J connectivity index is 3.03. The molecule has 0 aliphatic rings. The molecule has 0 saturated carbocycles. The predicted octanol–water partition coefficient (Wildman–Crippen LogP) is 1.87. The van der Waals surface area contributed by atoms with E-state index in [2.05, 4.69) is 4.72 Å². The number of carbonyl (C=O) groups is 1. The van der Waals surface area contributed by atoms with Crippen molar-refractivity contribution in [1.82, 2.24) is 4.72 Å². The van der Waals surface area contributed by atoms with Gasteiger partial charge in [-0.1, -0.05) is 23.7 Å². The minimum absolute atomic E-state index is 0.0647. The van der Waals surface area contributed by atoms with Gasteiger partial charge in [-0.15, -0.1) is 0 Å². The van der Waals surface area contributed by atoms with Crippen molar-refractivity contribution in [2.75, 3.05) is 0 Å². The van der Waals surface area contributed by atoms with Crippen LogP contribution in [0, 0.1) is 0 Å². The zero-order valence-electron chi connectivity index (χ0n) is 9.97. The van der Waals surface area contributed by atoms with Gasteiger partial charge in [0.15, 0.2) is 0 Å². The topological polar surface area (TPSA) is 83.5 Å². The first kappa shape index (κ1) is 14.9. The number of carboxylic acids is 1. The maximum absolute atomic E-state index is 12.1. The van der Waals surface area contributed by atoms with Crippen LogP contribution in [-0.2, 0) is 14.8 Å². The van der Waals surface area contributed by atoms with E-state index in [-0.39, 0.29) is 16.3 Å². The van der Waals surface area contributed by atoms with E-state index in [4.69, 9.17) is 16.7 Å². The van der Waals surface area contributed by atoms with Gasteiger partial charge in [-0.2, -0.15) is 0 Å². The van der Waals surface area contributed by atoms with Gasteiger partial charge in [-0.25, -0.2) is 13.1 Å². The molecule has 7 heteroatoms. The predicted molar refractivity (Wildman–Crippen MR) is 68.1 cm³/mol. The lowest BCUT2D eigenvalue weighted by atomic mass is 10.0. The van der Waals surface area contributed by atoms with Crippen LogP contribution in [0.1, 0.15) is 20.3 Å². The minimum Gasteiger partial charge on any atom is -0.481 e. The van der Waals surface area contributed by atoms with E-state index in [9.17, 15) is 13.2 Å². The summed E-state index contributed by atoms with van der Waals surface area (Å²) in [6.45, 7) is 2.99. The number of carboxylic acid groups (broad SMARTS) is 1. The molecule has 0 aliphatic carbocycles. The zero-order valence-corrected chi connectivity index (χ0v) is 11.5. The van der Waals surface area contributed by atoms with Crippen LogP contribution in [0.4, 0.5) is 0 Å².